The van der Waals surface area contributed by atoms with Crippen LogP contribution in [0.25, 0.3) is 0 Å². The molecule has 2 N–H and O–H groups in total. The zero-order chi connectivity index (χ0) is 13.2. The van der Waals surface area contributed by atoms with Crippen molar-refractivity contribution in [3.05, 3.63) is 35.9 Å². The fourth-order valence-electron chi connectivity index (χ4n) is 2.52. The molecular formula is C16H26N2. The average Bonchev–Trinajstić information content (AvgIpc) is 2.98. The molecule has 0 radical (unpaired) electrons. The SMILES string of the molecule is CC(C)(C)NCCN[C@]1(C)CC1c1ccccc1. The maximum Gasteiger partial charge on any atom is 0.0229 e. The molecule has 0 amide bonds. The number of hydrogen-bond donors (Lipinski definition) is 2. The van der Waals surface area contributed by atoms with Gasteiger partial charge in [0.15, 0.2) is 0 Å². The van der Waals surface area contributed by atoms with Gasteiger partial charge in [0.05, 0.1) is 0 Å². The molecule has 0 saturated heterocycles. The molecule has 0 aliphatic heterocycles. The summed E-state index contributed by atoms with van der Waals surface area (Å²) in [4.78, 5) is 0. The van der Waals surface area contributed by atoms with E-state index in [1.807, 2.05) is 0 Å². The van der Waals surface area contributed by atoms with Gasteiger partial charge in [-0.1, -0.05) is 30.3 Å². The minimum absolute atomic E-state index is 0.213. The molecule has 2 heteroatoms. The smallest absolute Gasteiger partial charge is 0.0229 e. The highest BCUT2D eigenvalue weighted by atomic mass is 15.1. The summed E-state index contributed by atoms with van der Waals surface area (Å²) in [6.07, 6.45) is 1.26. The van der Waals surface area contributed by atoms with Crippen LogP contribution < -0.4 is 10.6 Å². The summed E-state index contributed by atoms with van der Waals surface area (Å²) in [5.41, 5.74) is 1.99. The number of hydrogen-bond acceptors (Lipinski definition) is 2. The molecular weight excluding hydrogens is 220 g/mol. The van der Waals surface area contributed by atoms with Crippen molar-refractivity contribution >= 4 is 0 Å². The number of nitrogens with one attached hydrogen (secondary N) is 2. The molecule has 1 aromatic carbocycles. The van der Waals surface area contributed by atoms with E-state index in [0.717, 1.165) is 13.1 Å². The molecule has 1 saturated carbocycles. The van der Waals surface area contributed by atoms with Crippen LogP contribution in [-0.4, -0.2) is 24.2 Å². The van der Waals surface area contributed by atoms with Gasteiger partial charge in [-0.15, -0.1) is 0 Å². The van der Waals surface area contributed by atoms with Crippen molar-refractivity contribution in [2.45, 2.75) is 51.1 Å². The lowest BCUT2D eigenvalue weighted by molar-refractivity contribution is 0.407. The molecule has 1 aliphatic rings. The first-order valence-electron chi connectivity index (χ1n) is 6.96. The Labute approximate surface area is 111 Å². The predicted octanol–water partition coefficient (Wildman–Crippen LogP) is 2.91. The van der Waals surface area contributed by atoms with Crippen LogP contribution in [0.5, 0.6) is 0 Å². The average molecular weight is 246 g/mol. The molecule has 0 heterocycles. The summed E-state index contributed by atoms with van der Waals surface area (Å²) >= 11 is 0. The van der Waals surface area contributed by atoms with Gasteiger partial charge in [0.2, 0.25) is 0 Å². The fraction of sp³-hybridized carbons (Fsp3) is 0.625. The van der Waals surface area contributed by atoms with Crippen molar-refractivity contribution in [2.75, 3.05) is 13.1 Å². The lowest BCUT2D eigenvalue weighted by atomic mass is 10.1. The third kappa shape index (κ3) is 3.56. The van der Waals surface area contributed by atoms with Crippen LogP contribution in [0.2, 0.25) is 0 Å². The second kappa shape index (κ2) is 5.02. The Balaban J connectivity index is 1.75. The van der Waals surface area contributed by atoms with Gasteiger partial charge in [0.1, 0.15) is 0 Å². The maximum absolute atomic E-state index is 3.69. The summed E-state index contributed by atoms with van der Waals surface area (Å²) in [7, 11) is 0. The van der Waals surface area contributed by atoms with Gasteiger partial charge in [-0.3, -0.25) is 0 Å². The lowest BCUT2D eigenvalue weighted by Gasteiger charge is -2.22. The van der Waals surface area contributed by atoms with Crippen LogP contribution >= 0.6 is 0 Å². The van der Waals surface area contributed by atoms with Crippen LogP contribution in [0.15, 0.2) is 30.3 Å². The Kier molecular flexibility index (Phi) is 3.79. The second-order valence-electron chi connectivity index (χ2n) is 6.69. The minimum Gasteiger partial charge on any atom is -0.311 e. The van der Waals surface area contributed by atoms with Crippen LogP contribution in [0.1, 0.15) is 45.6 Å². The van der Waals surface area contributed by atoms with E-state index < -0.39 is 0 Å². The second-order valence-corrected chi connectivity index (χ2v) is 6.69. The van der Waals surface area contributed by atoms with Crippen LogP contribution in [0.4, 0.5) is 0 Å². The third-order valence-corrected chi connectivity index (χ3v) is 3.75. The molecule has 1 unspecified atom stereocenters. The molecule has 100 valence electrons. The van der Waals surface area contributed by atoms with Crippen LogP contribution in [0, 0.1) is 0 Å². The Morgan fingerprint density at radius 1 is 1.17 bits per heavy atom. The largest absolute Gasteiger partial charge is 0.311 e. The summed E-state index contributed by atoms with van der Waals surface area (Å²) in [6, 6.07) is 10.8. The van der Waals surface area contributed by atoms with Crippen molar-refractivity contribution in [3.8, 4) is 0 Å². The van der Waals surface area contributed by atoms with Crippen LogP contribution in [-0.2, 0) is 0 Å². The molecule has 2 nitrogen and oxygen atoms in total. The Hall–Kier alpha value is -0.860. The highest BCUT2D eigenvalue weighted by Gasteiger charge is 2.50. The lowest BCUT2D eigenvalue weighted by Crippen LogP contribution is -2.42. The minimum atomic E-state index is 0.213. The molecule has 0 spiro atoms. The zero-order valence-electron chi connectivity index (χ0n) is 12.1. The van der Waals surface area contributed by atoms with Crippen molar-refractivity contribution in [1.82, 2.24) is 10.6 Å². The van der Waals surface area contributed by atoms with Crippen molar-refractivity contribution in [1.29, 1.82) is 0 Å². The van der Waals surface area contributed by atoms with Gasteiger partial charge in [0.25, 0.3) is 0 Å². The molecule has 1 aromatic rings. The molecule has 0 aromatic heterocycles. The zero-order valence-corrected chi connectivity index (χ0v) is 12.1. The van der Waals surface area contributed by atoms with Gasteiger partial charge in [-0.05, 0) is 39.7 Å². The topological polar surface area (TPSA) is 24.1 Å². The maximum atomic E-state index is 3.69. The number of rotatable bonds is 5. The third-order valence-electron chi connectivity index (χ3n) is 3.75. The molecule has 2 atom stereocenters. The summed E-state index contributed by atoms with van der Waals surface area (Å²) in [5.74, 6) is 0.688. The van der Waals surface area contributed by atoms with E-state index in [2.05, 4.69) is 68.7 Å². The van der Waals surface area contributed by atoms with Gasteiger partial charge in [-0.25, -0.2) is 0 Å². The van der Waals surface area contributed by atoms with Gasteiger partial charge in [-0.2, -0.15) is 0 Å². The first-order chi connectivity index (χ1) is 8.41. The standard InChI is InChI=1S/C16H26N2/c1-15(2,3)17-10-11-18-16(4)12-14(16)13-8-6-5-7-9-13/h5-9,14,17-18H,10-12H2,1-4H3/t14?,16-/m1/s1. The van der Waals surface area contributed by atoms with Gasteiger partial charge < -0.3 is 10.6 Å². The Morgan fingerprint density at radius 3 is 2.44 bits per heavy atom. The fourth-order valence-corrected chi connectivity index (χ4v) is 2.52. The van der Waals surface area contributed by atoms with E-state index in [-0.39, 0.29) is 5.54 Å². The van der Waals surface area contributed by atoms with Crippen molar-refractivity contribution < 1.29 is 0 Å². The summed E-state index contributed by atoms with van der Waals surface area (Å²) in [6.45, 7) is 11.0. The molecule has 1 aliphatic carbocycles. The summed E-state index contributed by atoms with van der Waals surface area (Å²) < 4.78 is 0. The molecule has 1 fully saturated rings. The van der Waals surface area contributed by atoms with Crippen LogP contribution in [0.3, 0.4) is 0 Å². The van der Waals surface area contributed by atoms with Gasteiger partial charge in [0, 0.05) is 30.1 Å². The van der Waals surface area contributed by atoms with E-state index in [1.165, 1.54) is 12.0 Å². The molecule has 18 heavy (non-hydrogen) atoms. The highest BCUT2D eigenvalue weighted by Crippen LogP contribution is 2.50. The summed E-state index contributed by atoms with van der Waals surface area (Å²) in [5, 5.41) is 7.21. The highest BCUT2D eigenvalue weighted by molar-refractivity contribution is 5.32. The predicted molar refractivity (Wildman–Crippen MR) is 78.0 cm³/mol. The van der Waals surface area contributed by atoms with Crippen molar-refractivity contribution in [2.24, 2.45) is 0 Å². The van der Waals surface area contributed by atoms with Crippen molar-refractivity contribution in [3.63, 3.8) is 0 Å². The monoisotopic (exact) mass is 246 g/mol. The molecule has 0 bridgehead atoms. The quantitative estimate of drug-likeness (QED) is 0.781. The van der Waals surface area contributed by atoms with E-state index in [9.17, 15) is 0 Å². The van der Waals surface area contributed by atoms with E-state index in [1.54, 1.807) is 0 Å². The Morgan fingerprint density at radius 2 is 1.83 bits per heavy atom. The molecule has 2 rings (SSSR count). The normalized spacial score (nSPS) is 27.2. The number of benzene rings is 1. The van der Waals surface area contributed by atoms with E-state index in [0.29, 0.717) is 11.5 Å². The van der Waals surface area contributed by atoms with E-state index in [4.69, 9.17) is 0 Å². The first-order valence-corrected chi connectivity index (χ1v) is 6.96. The first kappa shape index (κ1) is 13.6. The Bertz CT molecular complexity index is 380. The van der Waals surface area contributed by atoms with Gasteiger partial charge >= 0.3 is 0 Å². The van der Waals surface area contributed by atoms with E-state index >= 15 is 0 Å².